The summed E-state index contributed by atoms with van der Waals surface area (Å²) in [6, 6.07) is 22.3. The lowest BCUT2D eigenvalue weighted by atomic mass is 10.0. The van der Waals surface area contributed by atoms with Crippen LogP contribution in [0.5, 0.6) is 17.4 Å². The van der Waals surface area contributed by atoms with Crippen molar-refractivity contribution in [1.29, 1.82) is 0 Å². The zero-order chi connectivity index (χ0) is 20.2. The molecule has 2 aromatic carbocycles. The molecule has 29 heavy (non-hydrogen) atoms. The van der Waals surface area contributed by atoms with Crippen LogP contribution < -0.4 is 15.0 Å². The number of aryl methyl sites for hydroxylation is 1. The topological polar surface area (TPSA) is 66.2 Å². The van der Waals surface area contributed by atoms with E-state index in [-0.39, 0.29) is 5.56 Å². The average Bonchev–Trinajstić information content (AvgIpc) is 2.77. The van der Waals surface area contributed by atoms with Crippen LogP contribution in [0.1, 0.15) is 0 Å². The molecule has 0 aliphatic heterocycles. The van der Waals surface area contributed by atoms with E-state index in [0.29, 0.717) is 22.9 Å². The van der Waals surface area contributed by atoms with Crippen LogP contribution in [0.2, 0.25) is 0 Å². The van der Waals surface area contributed by atoms with Crippen LogP contribution >= 0.6 is 0 Å². The minimum absolute atomic E-state index is 0.207. The quantitative estimate of drug-likeness (QED) is 0.512. The molecule has 0 aliphatic rings. The highest BCUT2D eigenvalue weighted by Crippen LogP contribution is 2.37. The molecule has 0 radical (unpaired) electrons. The number of hydrogen-bond acceptors (Lipinski definition) is 5. The van der Waals surface area contributed by atoms with E-state index in [4.69, 9.17) is 9.47 Å². The maximum absolute atomic E-state index is 12.3. The van der Waals surface area contributed by atoms with Gasteiger partial charge in [-0.15, -0.1) is 0 Å². The third-order valence-electron chi connectivity index (χ3n) is 4.46. The molecule has 144 valence electrons. The molecule has 6 nitrogen and oxygen atoms in total. The molecule has 2 heterocycles. The highest BCUT2D eigenvalue weighted by atomic mass is 16.5. The van der Waals surface area contributed by atoms with Gasteiger partial charge in [-0.05, 0) is 30.3 Å². The van der Waals surface area contributed by atoms with Crippen LogP contribution in [-0.2, 0) is 7.05 Å². The first-order valence-corrected chi connectivity index (χ1v) is 9.07. The fourth-order valence-corrected chi connectivity index (χ4v) is 2.98. The van der Waals surface area contributed by atoms with E-state index in [1.807, 2.05) is 60.7 Å². The van der Waals surface area contributed by atoms with Gasteiger partial charge >= 0.3 is 0 Å². The van der Waals surface area contributed by atoms with Crippen LogP contribution in [0.4, 0.5) is 0 Å². The second-order valence-electron chi connectivity index (χ2n) is 6.37. The standard InChI is InChI=1S/C23H19N3O3/c1-26-22(27)14-19(16-12-13-21(28-2)24-15-16)23(25-26)18-10-6-7-11-20(18)29-17-8-4-3-5-9-17/h3-15H,1-2H3. The lowest BCUT2D eigenvalue weighted by molar-refractivity contribution is 0.398. The van der Waals surface area contributed by atoms with Crippen molar-refractivity contribution in [2.75, 3.05) is 7.11 Å². The Morgan fingerprint density at radius 3 is 2.38 bits per heavy atom. The number of hydrogen-bond donors (Lipinski definition) is 0. The fourth-order valence-electron chi connectivity index (χ4n) is 2.98. The van der Waals surface area contributed by atoms with E-state index in [0.717, 1.165) is 16.9 Å². The second kappa shape index (κ2) is 7.98. The summed E-state index contributed by atoms with van der Waals surface area (Å²) in [6.45, 7) is 0. The van der Waals surface area contributed by atoms with Crippen molar-refractivity contribution in [3.63, 3.8) is 0 Å². The summed E-state index contributed by atoms with van der Waals surface area (Å²) in [5, 5.41) is 4.53. The van der Waals surface area contributed by atoms with Crippen molar-refractivity contribution in [3.8, 4) is 39.8 Å². The van der Waals surface area contributed by atoms with Gasteiger partial charge in [-0.1, -0.05) is 30.3 Å². The predicted molar refractivity (Wildman–Crippen MR) is 111 cm³/mol. The van der Waals surface area contributed by atoms with Crippen molar-refractivity contribution < 1.29 is 9.47 Å². The first-order chi connectivity index (χ1) is 14.2. The molecule has 0 bridgehead atoms. The van der Waals surface area contributed by atoms with E-state index in [1.54, 1.807) is 32.5 Å². The largest absolute Gasteiger partial charge is 0.481 e. The van der Waals surface area contributed by atoms with Crippen molar-refractivity contribution in [3.05, 3.63) is 89.3 Å². The third-order valence-corrected chi connectivity index (χ3v) is 4.46. The zero-order valence-electron chi connectivity index (χ0n) is 16.1. The Morgan fingerprint density at radius 2 is 1.66 bits per heavy atom. The van der Waals surface area contributed by atoms with Gasteiger partial charge in [0.1, 0.15) is 17.2 Å². The molecule has 0 spiro atoms. The van der Waals surface area contributed by atoms with Gasteiger partial charge in [-0.2, -0.15) is 5.10 Å². The van der Waals surface area contributed by atoms with Gasteiger partial charge in [0, 0.05) is 42.1 Å². The Balaban J connectivity index is 1.87. The summed E-state index contributed by atoms with van der Waals surface area (Å²) in [5.74, 6) is 1.87. The highest BCUT2D eigenvalue weighted by molar-refractivity contribution is 5.83. The molecule has 0 atom stereocenters. The monoisotopic (exact) mass is 385 g/mol. The zero-order valence-corrected chi connectivity index (χ0v) is 16.1. The van der Waals surface area contributed by atoms with Gasteiger partial charge < -0.3 is 9.47 Å². The molecule has 4 aromatic rings. The molecule has 0 unspecified atom stereocenters. The highest BCUT2D eigenvalue weighted by Gasteiger charge is 2.16. The molecule has 4 rings (SSSR count). The molecule has 2 aromatic heterocycles. The molecule has 0 fully saturated rings. The Hall–Kier alpha value is -3.93. The number of rotatable bonds is 5. The number of para-hydroxylation sites is 2. The summed E-state index contributed by atoms with van der Waals surface area (Å²) in [4.78, 5) is 16.6. The van der Waals surface area contributed by atoms with E-state index >= 15 is 0 Å². The predicted octanol–water partition coefficient (Wildman–Crippen LogP) is 4.31. The van der Waals surface area contributed by atoms with Gasteiger partial charge in [0.2, 0.25) is 5.88 Å². The number of ether oxygens (including phenoxy) is 2. The Kier molecular flexibility index (Phi) is 5.07. The smallest absolute Gasteiger partial charge is 0.267 e. The van der Waals surface area contributed by atoms with Crippen LogP contribution in [0.15, 0.2) is 83.8 Å². The van der Waals surface area contributed by atoms with Crippen molar-refractivity contribution in [2.45, 2.75) is 0 Å². The Bertz CT molecular complexity index is 1190. The van der Waals surface area contributed by atoms with Gasteiger partial charge in [-0.25, -0.2) is 9.67 Å². The number of methoxy groups -OCH3 is 1. The molecule has 6 heteroatoms. The summed E-state index contributed by atoms with van der Waals surface area (Å²) >= 11 is 0. The van der Waals surface area contributed by atoms with Crippen LogP contribution in [0.25, 0.3) is 22.4 Å². The molecule has 0 saturated carbocycles. The van der Waals surface area contributed by atoms with Crippen molar-refractivity contribution in [2.24, 2.45) is 7.05 Å². The maximum Gasteiger partial charge on any atom is 0.267 e. The summed E-state index contributed by atoms with van der Waals surface area (Å²) in [6.07, 6.45) is 1.67. The average molecular weight is 385 g/mol. The molecule has 0 saturated heterocycles. The third kappa shape index (κ3) is 3.87. The lowest BCUT2D eigenvalue weighted by Crippen LogP contribution is -2.19. The minimum atomic E-state index is -0.207. The molecule has 0 N–H and O–H groups in total. The number of benzene rings is 2. The van der Waals surface area contributed by atoms with E-state index in [9.17, 15) is 4.79 Å². The number of pyridine rings is 1. The van der Waals surface area contributed by atoms with E-state index in [1.165, 1.54) is 4.68 Å². The normalized spacial score (nSPS) is 10.6. The fraction of sp³-hybridized carbons (Fsp3) is 0.0870. The van der Waals surface area contributed by atoms with Crippen LogP contribution in [0, 0.1) is 0 Å². The molecule has 0 aliphatic carbocycles. The lowest BCUT2D eigenvalue weighted by Gasteiger charge is -2.14. The van der Waals surface area contributed by atoms with E-state index in [2.05, 4.69) is 10.1 Å². The molecular formula is C23H19N3O3. The summed E-state index contributed by atoms with van der Waals surface area (Å²) in [7, 11) is 3.19. The molecule has 0 amide bonds. The van der Waals surface area contributed by atoms with Crippen LogP contribution in [0.3, 0.4) is 0 Å². The van der Waals surface area contributed by atoms with Gasteiger partial charge in [0.25, 0.3) is 5.56 Å². The maximum atomic E-state index is 12.3. The SMILES string of the molecule is COc1ccc(-c2cc(=O)n(C)nc2-c2ccccc2Oc2ccccc2)cn1. The number of nitrogens with zero attached hydrogens (tertiary/aromatic N) is 3. The number of aromatic nitrogens is 3. The first-order valence-electron chi connectivity index (χ1n) is 9.07. The Labute approximate surface area is 168 Å². The first kappa shape index (κ1) is 18.4. The van der Waals surface area contributed by atoms with Gasteiger partial charge in [0.15, 0.2) is 0 Å². The van der Waals surface area contributed by atoms with Crippen molar-refractivity contribution >= 4 is 0 Å². The van der Waals surface area contributed by atoms with E-state index < -0.39 is 0 Å². The summed E-state index contributed by atoms with van der Waals surface area (Å²) < 4.78 is 12.5. The van der Waals surface area contributed by atoms with Crippen LogP contribution in [-0.4, -0.2) is 21.9 Å². The summed E-state index contributed by atoms with van der Waals surface area (Å²) in [5.41, 5.74) is 2.64. The van der Waals surface area contributed by atoms with Crippen molar-refractivity contribution in [1.82, 2.24) is 14.8 Å². The van der Waals surface area contributed by atoms with Gasteiger partial charge in [-0.3, -0.25) is 4.79 Å². The molecular weight excluding hydrogens is 366 g/mol. The second-order valence-corrected chi connectivity index (χ2v) is 6.37. The Morgan fingerprint density at radius 1 is 0.897 bits per heavy atom. The van der Waals surface area contributed by atoms with Gasteiger partial charge in [0.05, 0.1) is 7.11 Å². The minimum Gasteiger partial charge on any atom is -0.481 e.